The van der Waals surface area contributed by atoms with Gasteiger partial charge in [0.1, 0.15) is 23.1 Å². The van der Waals surface area contributed by atoms with E-state index in [1.165, 1.54) is 31.1 Å². The van der Waals surface area contributed by atoms with Gasteiger partial charge in [0.15, 0.2) is 17.1 Å². The highest BCUT2D eigenvalue weighted by Crippen LogP contribution is 2.56. The molecule has 0 aliphatic heterocycles. The van der Waals surface area contributed by atoms with E-state index in [2.05, 4.69) is 5.32 Å². The third kappa shape index (κ3) is 4.53. The van der Waals surface area contributed by atoms with Crippen LogP contribution >= 0.6 is 0 Å². The van der Waals surface area contributed by atoms with E-state index in [-0.39, 0.29) is 16.8 Å². The zero-order chi connectivity index (χ0) is 33.3. The predicted octanol–water partition coefficient (Wildman–Crippen LogP) is 0.894. The summed E-state index contributed by atoms with van der Waals surface area (Å²) in [5.41, 5.74) is 1.42. The molecule has 7 atom stereocenters. The molecule has 5 rings (SSSR count). The van der Waals surface area contributed by atoms with Crippen LogP contribution in [0, 0.1) is 11.8 Å². The Balaban J connectivity index is 1.63. The number of phenolic OH excluding ortho intramolecular Hbond substituents is 1. The van der Waals surface area contributed by atoms with Crippen LogP contribution in [-0.4, -0.2) is 105 Å². The first-order valence-electron chi connectivity index (χ1n) is 14.3. The number of nitrogens with zero attached hydrogens (tertiary/aromatic N) is 2. The average Bonchev–Trinajstić information content (AvgIpc) is 2.96. The summed E-state index contributed by atoms with van der Waals surface area (Å²) in [6.07, 6.45) is -1.70. The van der Waals surface area contributed by atoms with Crippen molar-refractivity contribution in [3.8, 4) is 5.75 Å². The molecule has 0 fully saturated rings. The van der Waals surface area contributed by atoms with Crippen LogP contribution in [0.5, 0.6) is 5.75 Å². The number of nitrogens with one attached hydrogen (secondary N) is 1. The Kier molecular flexibility index (Phi) is 7.86. The summed E-state index contributed by atoms with van der Waals surface area (Å²) in [5, 5.41) is 60.1. The number of aliphatic hydroxyl groups is 4. The molecule has 45 heavy (non-hydrogen) atoms. The van der Waals surface area contributed by atoms with Gasteiger partial charge in [0.05, 0.1) is 29.3 Å². The Labute approximate surface area is 258 Å². The number of carbonyl (C=O) groups is 4. The zero-order valence-electron chi connectivity index (χ0n) is 25.3. The molecule has 0 bridgehead atoms. The lowest BCUT2D eigenvalue weighted by Gasteiger charge is -2.53. The van der Waals surface area contributed by atoms with Crippen molar-refractivity contribution in [2.75, 3.05) is 33.5 Å². The van der Waals surface area contributed by atoms with Gasteiger partial charge < -0.3 is 36.6 Å². The molecule has 13 nitrogen and oxygen atoms in total. The first-order valence-corrected chi connectivity index (χ1v) is 14.3. The van der Waals surface area contributed by atoms with Crippen LogP contribution in [0.3, 0.4) is 0 Å². The first kappa shape index (κ1) is 31.9. The van der Waals surface area contributed by atoms with Crippen molar-refractivity contribution >= 4 is 29.1 Å². The van der Waals surface area contributed by atoms with Crippen LogP contribution in [0.15, 0.2) is 65.1 Å². The molecule has 0 radical (unpaired) electrons. The van der Waals surface area contributed by atoms with Gasteiger partial charge in [0.25, 0.3) is 5.91 Å². The van der Waals surface area contributed by atoms with E-state index < -0.39 is 93.3 Å². The number of nitrogens with two attached hydrogens (primary N) is 1. The number of hydrogen-bond acceptors (Lipinski definition) is 11. The maximum Gasteiger partial charge on any atom is 0.255 e. The maximum absolute atomic E-state index is 14.1. The number of aliphatic hydroxyl groups excluding tert-OH is 3. The number of likely N-dealkylation sites (N-methyl/N-ethyl adjacent to an activating group) is 2. The molecule has 3 aliphatic carbocycles. The van der Waals surface area contributed by atoms with Gasteiger partial charge in [-0.3, -0.25) is 29.0 Å². The van der Waals surface area contributed by atoms with Crippen LogP contribution in [0.25, 0.3) is 0 Å². The lowest BCUT2D eigenvalue weighted by atomic mass is 9.55. The molecule has 238 valence electrons. The molecule has 0 saturated carbocycles. The van der Waals surface area contributed by atoms with Crippen molar-refractivity contribution < 1.29 is 44.7 Å². The summed E-state index contributed by atoms with van der Waals surface area (Å²) >= 11 is 0. The maximum atomic E-state index is 14.1. The monoisotopic (exact) mass is 620 g/mol. The van der Waals surface area contributed by atoms with Gasteiger partial charge in [-0.05, 0) is 51.3 Å². The minimum atomic E-state index is -3.01. The summed E-state index contributed by atoms with van der Waals surface area (Å²) < 4.78 is 0. The first-order chi connectivity index (χ1) is 21.1. The molecule has 2 aromatic carbocycles. The van der Waals surface area contributed by atoms with Crippen molar-refractivity contribution in [1.82, 2.24) is 9.80 Å². The molecule has 2 amide bonds. The molecular formula is C32H36N4O9. The fraction of sp³-hybridized carbons (Fsp3) is 0.375. The van der Waals surface area contributed by atoms with E-state index in [4.69, 9.17) is 5.73 Å². The minimum absolute atomic E-state index is 0.0983. The van der Waals surface area contributed by atoms with Crippen molar-refractivity contribution in [3.63, 3.8) is 0 Å². The van der Waals surface area contributed by atoms with Crippen LogP contribution < -0.4 is 11.1 Å². The van der Waals surface area contributed by atoms with Gasteiger partial charge in [-0.15, -0.1) is 0 Å². The van der Waals surface area contributed by atoms with Crippen LogP contribution in [0.1, 0.15) is 40.4 Å². The van der Waals surface area contributed by atoms with Crippen LogP contribution in [0.4, 0.5) is 5.69 Å². The number of amides is 2. The van der Waals surface area contributed by atoms with E-state index in [9.17, 15) is 44.7 Å². The highest BCUT2D eigenvalue weighted by atomic mass is 16.4. The molecule has 0 aromatic heterocycles. The topological polar surface area (TPSA) is 214 Å². The number of aromatic hydroxyl groups is 1. The fourth-order valence-electron chi connectivity index (χ4n) is 7.24. The van der Waals surface area contributed by atoms with E-state index in [1.54, 1.807) is 50.2 Å². The Morgan fingerprint density at radius 2 is 1.62 bits per heavy atom. The molecule has 3 aliphatic rings. The Morgan fingerprint density at radius 3 is 2.18 bits per heavy atom. The van der Waals surface area contributed by atoms with Gasteiger partial charge >= 0.3 is 0 Å². The number of hydrogen-bond donors (Lipinski definition) is 7. The second-order valence-corrected chi connectivity index (χ2v) is 12.2. The quantitative estimate of drug-likeness (QED) is 0.178. The largest absolute Gasteiger partial charge is 0.510 e. The summed E-state index contributed by atoms with van der Waals surface area (Å²) in [5.74, 6) is -10.4. The number of Topliss-reactive ketones (excluding diaryl/α,β-unsaturated/α-hetero) is 2. The zero-order valence-corrected chi connectivity index (χ0v) is 25.3. The van der Waals surface area contributed by atoms with Crippen molar-refractivity contribution in [2.24, 2.45) is 17.6 Å². The molecule has 0 saturated heterocycles. The Bertz CT molecular complexity index is 1680. The van der Waals surface area contributed by atoms with Crippen molar-refractivity contribution in [3.05, 3.63) is 81.8 Å². The van der Waals surface area contributed by atoms with Crippen LogP contribution in [0.2, 0.25) is 0 Å². The number of primary amides is 1. The SMILES string of the molecule is CC1c2ccc(NC(=O)C(c3ccccc3)N(C)C)c(O)c2C(=O)C2=C(O)C3(O)C(=O)C(C(N)=O)=C(O)[C@@H](N(C)C)C3C(O)C21. The number of phenols is 1. The lowest BCUT2D eigenvalue weighted by molar-refractivity contribution is -0.162. The third-order valence-electron chi connectivity index (χ3n) is 9.27. The van der Waals surface area contributed by atoms with E-state index in [0.717, 1.165) is 0 Å². The van der Waals surface area contributed by atoms with Gasteiger partial charge in [-0.2, -0.15) is 0 Å². The number of rotatable bonds is 6. The van der Waals surface area contributed by atoms with E-state index in [0.29, 0.717) is 5.56 Å². The molecule has 6 unspecified atom stereocenters. The average molecular weight is 621 g/mol. The molecule has 2 aromatic rings. The normalized spacial score (nSPS) is 28.5. The lowest BCUT2D eigenvalue weighted by Crippen LogP contribution is -2.68. The molecular weight excluding hydrogens is 584 g/mol. The highest BCUT2D eigenvalue weighted by molar-refractivity contribution is 6.25. The molecule has 0 spiro atoms. The number of carbonyl (C=O) groups excluding carboxylic acids is 4. The van der Waals surface area contributed by atoms with Gasteiger partial charge in [-0.1, -0.05) is 43.3 Å². The van der Waals surface area contributed by atoms with Crippen LogP contribution in [-0.2, 0) is 14.4 Å². The standard InChI is InChI=1S/C32H36N4O9/c1-13-15-11-12-16(34-31(44)22(35(2)3)14-9-7-6-8-10-14)24(37)18(15)25(38)19-17(13)26(39)21-23(36(4)5)27(40)20(30(33)43)29(42)32(21,45)28(19)41/h6-13,17,21-23,26,37,39-41,45H,1-5H3,(H2,33,43)(H,34,44)/t13?,17?,21?,22?,23-,26?,32?/m0/s1. The Morgan fingerprint density at radius 1 is 1.00 bits per heavy atom. The molecule has 8 N–H and O–H groups in total. The second-order valence-electron chi connectivity index (χ2n) is 12.2. The molecule has 0 heterocycles. The smallest absolute Gasteiger partial charge is 0.255 e. The highest BCUT2D eigenvalue weighted by Gasteiger charge is 2.67. The third-order valence-corrected chi connectivity index (χ3v) is 9.27. The number of anilines is 1. The van der Waals surface area contributed by atoms with Gasteiger partial charge in [0, 0.05) is 11.5 Å². The summed E-state index contributed by atoms with van der Waals surface area (Å²) in [6, 6.07) is 9.76. The Hall–Kier alpha value is -4.56. The van der Waals surface area contributed by atoms with Crippen molar-refractivity contribution in [1.29, 1.82) is 0 Å². The van der Waals surface area contributed by atoms with E-state index in [1.807, 2.05) is 6.07 Å². The van der Waals surface area contributed by atoms with E-state index >= 15 is 0 Å². The minimum Gasteiger partial charge on any atom is -0.510 e. The summed E-state index contributed by atoms with van der Waals surface area (Å²) in [4.78, 5) is 56.3. The second kappa shape index (κ2) is 11.1. The van der Waals surface area contributed by atoms with Crippen molar-refractivity contribution in [2.45, 2.75) is 36.6 Å². The summed E-state index contributed by atoms with van der Waals surface area (Å²) in [7, 11) is 6.36. The number of benzene rings is 2. The molecule has 13 heteroatoms. The number of fused-ring (bicyclic) bond motifs is 3. The van der Waals surface area contributed by atoms with Gasteiger partial charge in [-0.25, -0.2) is 0 Å². The number of ketones is 2. The predicted molar refractivity (Wildman–Crippen MR) is 161 cm³/mol. The fourth-order valence-corrected chi connectivity index (χ4v) is 7.24. The summed E-state index contributed by atoms with van der Waals surface area (Å²) in [6.45, 7) is 1.63. The van der Waals surface area contributed by atoms with Gasteiger partial charge in [0.2, 0.25) is 11.7 Å².